The molecule has 4 rings (SSSR count). The maximum Gasteiger partial charge on any atom is 0.255 e. The van der Waals surface area contributed by atoms with Crippen LogP contribution in [-0.4, -0.2) is 24.0 Å². The van der Waals surface area contributed by atoms with E-state index in [9.17, 15) is 4.79 Å². The quantitative estimate of drug-likeness (QED) is 0.475. The van der Waals surface area contributed by atoms with Crippen molar-refractivity contribution in [3.63, 3.8) is 0 Å². The maximum absolute atomic E-state index is 13.0. The van der Waals surface area contributed by atoms with Crippen molar-refractivity contribution in [2.75, 3.05) is 23.3 Å². The van der Waals surface area contributed by atoms with Crippen molar-refractivity contribution in [1.29, 1.82) is 0 Å². The molecule has 4 heteroatoms. The molecule has 0 bridgehead atoms. The molecule has 1 fully saturated rings. The Kier molecular flexibility index (Phi) is 6.83. The van der Waals surface area contributed by atoms with Crippen LogP contribution in [0.1, 0.15) is 67.9 Å². The lowest BCUT2D eigenvalue weighted by atomic mass is 9.86. The zero-order valence-electron chi connectivity index (χ0n) is 20.3. The van der Waals surface area contributed by atoms with Crippen LogP contribution in [-0.2, 0) is 5.41 Å². The summed E-state index contributed by atoms with van der Waals surface area (Å²) in [5, 5.41) is 3.01. The van der Waals surface area contributed by atoms with Crippen LogP contribution in [0.15, 0.2) is 60.8 Å². The fraction of sp³-hybridized carbons (Fsp3) is 0.379. The van der Waals surface area contributed by atoms with Crippen molar-refractivity contribution in [1.82, 2.24) is 4.98 Å². The van der Waals surface area contributed by atoms with E-state index < -0.39 is 0 Å². The van der Waals surface area contributed by atoms with Gasteiger partial charge in [-0.1, -0.05) is 63.9 Å². The highest BCUT2D eigenvalue weighted by Gasteiger charge is 2.15. The largest absolute Gasteiger partial charge is 0.357 e. The summed E-state index contributed by atoms with van der Waals surface area (Å²) in [5.74, 6) is 0.873. The first-order valence-corrected chi connectivity index (χ1v) is 12.1. The van der Waals surface area contributed by atoms with E-state index in [1.807, 2.05) is 30.3 Å². The Morgan fingerprint density at radius 1 is 0.909 bits per heavy atom. The first-order valence-electron chi connectivity index (χ1n) is 12.1. The van der Waals surface area contributed by atoms with Gasteiger partial charge in [-0.05, 0) is 71.7 Å². The van der Waals surface area contributed by atoms with Gasteiger partial charge in [0.05, 0.1) is 11.9 Å². The van der Waals surface area contributed by atoms with Crippen molar-refractivity contribution in [2.24, 2.45) is 0 Å². The van der Waals surface area contributed by atoms with Gasteiger partial charge < -0.3 is 10.2 Å². The average Bonchev–Trinajstić information content (AvgIpc) is 3.09. The molecule has 0 atom stereocenters. The smallest absolute Gasteiger partial charge is 0.255 e. The van der Waals surface area contributed by atoms with Gasteiger partial charge >= 0.3 is 0 Å². The summed E-state index contributed by atoms with van der Waals surface area (Å²) < 4.78 is 0. The van der Waals surface area contributed by atoms with Gasteiger partial charge in [-0.25, -0.2) is 4.98 Å². The summed E-state index contributed by atoms with van der Waals surface area (Å²) in [5.41, 5.74) is 6.14. The zero-order valence-corrected chi connectivity index (χ0v) is 20.3. The van der Waals surface area contributed by atoms with E-state index in [2.05, 4.69) is 67.2 Å². The lowest BCUT2D eigenvalue weighted by Crippen LogP contribution is -2.24. The molecule has 1 aromatic heterocycles. The Hall–Kier alpha value is -3.14. The van der Waals surface area contributed by atoms with Gasteiger partial charge in [0.2, 0.25) is 0 Å². The van der Waals surface area contributed by atoms with Crippen LogP contribution in [0.3, 0.4) is 0 Å². The Morgan fingerprint density at radius 2 is 1.61 bits per heavy atom. The summed E-state index contributed by atoms with van der Waals surface area (Å²) >= 11 is 0. The molecule has 2 heterocycles. The molecular formula is C29H35N3O. The topological polar surface area (TPSA) is 45.2 Å². The lowest BCUT2D eigenvalue weighted by Gasteiger charge is -2.21. The summed E-state index contributed by atoms with van der Waals surface area (Å²) in [6.45, 7) is 10.8. The Bertz CT molecular complexity index is 1090. The minimum Gasteiger partial charge on any atom is -0.357 e. The van der Waals surface area contributed by atoms with Gasteiger partial charge in [0.15, 0.2) is 0 Å². The molecule has 1 saturated heterocycles. The van der Waals surface area contributed by atoms with E-state index >= 15 is 0 Å². The van der Waals surface area contributed by atoms with E-state index in [-0.39, 0.29) is 11.3 Å². The Labute approximate surface area is 198 Å². The number of aromatic nitrogens is 1. The van der Waals surface area contributed by atoms with Crippen LogP contribution in [0.25, 0.3) is 11.1 Å². The summed E-state index contributed by atoms with van der Waals surface area (Å²) in [6, 6.07) is 18.5. The molecule has 33 heavy (non-hydrogen) atoms. The summed E-state index contributed by atoms with van der Waals surface area (Å²) in [4.78, 5) is 19.9. The van der Waals surface area contributed by atoms with Gasteiger partial charge in [-0.2, -0.15) is 0 Å². The second kappa shape index (κ2) is 9.78. The number of nitrogens with zero attached hydrogens (tertiary/aromatic N) is 2. The molecule has 3 aromatic rings. The van der Waals surface area contributed by atoms with Gasteiger partial charge in [-0.3, -0.25) is 4.79 Å². The Balaban J connectivity index is 1.48. The third-order valence-electron chi connectivity index (χ3n) is 6.50. The van der Waals surface area contributed by atoms with E-state index in [0.29, 0.717) is 5.56 Å². The third-order valence-corrected chi connectivity index (χ3v) is 6.50. The fourth-order valence-corrected chi connectivity index (χ4v) is 4.37. The molecule has 1 aliphatic rings. The second-order valence-corrected chi connectivity index (χ2v) is 10.1. The first-order chi connectivity index (χ1) is 15.8. The van der Waals surface area contributed by atoms with Crippen molar-refractivity contribution in [3.8, 4) is 11.1 Å². The number of nitrogens with one attached hydrogen (secondary N) is 1. The molecule has 2 aromatic carbocycles. The van der Waals surface area contributed by atoms with Crippen molar-refractivity contribution < 1.29 is 4.79 Å². The molecule has 0 radical (unpaired) electrons. The molecule has 0 aliphatic carbocycles. The van der Waals surface area contributed by atoms with Crippen molar-refractivity contribution >= 4 is 17.4 Å². The van der Waals surface area contributed by atoms with Crippen LogP contribution in [0, 0.1) is 6.92 Å². The van der Waals surface area contributed by atoms with Gasteiger partial charge in [0, 0.05) is 18.7 Å². The van der Waals surface area contributed by atoms with E-state index in [0.717, 1.165) is 41.3 Å². The van der Waals surface area contributed by atoms with Crippen LogP contribution < -0.4 is 10.2 Å². The number of carbonyl (C=O) groups excluding carboxylic acids is 1. The normalized spacial score (nSPS) is 14.6. The third kappa shape index (κ3) is 5.62. The minimum absolute atomic E-state index is 0.117. The highest BCUT2D eigenvalue weighted by atomic mass is 16.1. The van der Waals surface area contributed by atoms with Gasteiger partial charge in [0.1, 0.15) is 5.82 Å². The predicted molar refractivity (Wildman–Crippen MR) is 138 cm³/mol. The number of rotatable bonds is 4. The number of benzene rings is 2. The van der Waals surface area contributed by atoms with Crippen molar-refractivity contribution in [2.45, 2.75) is 58.8 Å². The highest BCUT2D eigenvalue weighted by molar-refractivity contribution is 6.05. The van der Waals surface area contributed by atoms with Crippen LogP contribution in [0.4, 0.5) is 11.5 Å². The number of amides is 1. The van der Waals surface area contributed by atoms with Gasteiger partial charge in [0.25, 0.3) is 5.91 Å². The zero-order chi connectivity index (χ0) is 23.4. The Morgan fingerprint density at radius 3 is 2.21 bits per heavy atom. The predicted octanol–water partition coefficient (Wildman–Crippen LogP) is 6.99. The molecule has 1 N–H and O–H groups in total. The molecule has 0 spiro atoms. The number of pyridine rings is 1. The molecule has 172 valence electrons. The standard InChI is InChI=1S/C29H35N3O/c1-21-9-10-23(19-26(21)22-11-13-24(14-12-22)29(2,3)4)28(33)31-25-15-16-27(30-20-25)32-17-7-5-6-8-18-32/h9-16,19-20H,5-8,17-18H2,1-4H3,(H,31,33). The molecule has 1 aliphatic heterocycles. The molecular weight excluding hydrogens is 406 g/mol. The second-order valence-electron chi connectivity index (χ2n) is 10.1. The van der Waals surface area contributed by atoms with Crippen molar-refractivity contribution in [3.05, 3.63) is 77.5 Å². The number of carbonyl (C=O) groups is 1. The molecule has 0 unspecified atom stereocenters. The number of hydrogen-bond acceptors (Lipinski definition) is 3. The fourth-order valence-electron chi connectivity index (χ4n) is 4.37. The average molecular weight is 442 g/mol. The maximum atomic E-state index is 13.0. The van der Waals surface area contributed by atoms with Crippen LogP contribution in [0.5, 0.6) is 0 Å². The molecule has 1 amide bonds. The molecule has 4 nitrogen and oxygen atoms in total. The van der Waals surface area contributed by atoms with E-state index in [1.165, 1.54) is 31.2 Å². The van der Waals surface area contributed by atoms with E-state index in [1.54, 1.807) is 6.20 Å². The summed E-state index contributed by atoms with van der Waals surface area (Å²) in [6.07, 6.45) is 6.79. The highest BCUT2D eigenvalue weighted by Crippen LogP contribution is 2.29. The molecule has 0 saturated carbocycles. The number of aryl methyl sites for hydroxylation is 1. The minimum atomic E-state index is -0.119. The number of hydrogen-bond donors (Lipinski definition) is 1. The monoisotopic (exact) mass is 441 g/mol. The van der Waals surface area contributed by atoms with Crippen LogP contribution in [0.2, 0.25) is 0 Å². The number of anilines is 2. The van der Waals surface area contributed by atoms with E-state index in [4.69, 9.17) is 0 Å². The SMILES string of the molecule is Cc1ccc(C(=O)Nc2ccc(N3CCCCCC3)nc2)cc1-c1ccc(C(C)(C)C)cc1. The first kappa shape index (κ1) is 23.0. The lowest BCUT2D eigenvalue weighted by molar-refractivity contribution is 0.102. The van der Waals surface area contributed by atoms with Crippen LogP contribution >= 0.6 is 0 Å². The summed E-state index contributed by atoms with van der Waals surface area (Å²) in [7, 11) is 0. The van der Waals surface area contributed by atoms with Gasteiger partial charge in [-0.15, -0.1) is 0 Å².